The van der Waals surface area contributed by atoms with Gasteiger partial charge in [0.15, 0.2) is 5.96 Å². The van der Waals surface area contributed by atoms with Gasteiger partial charge < -0.3 is 31.7 Å². The number of ether oxygens (including phenoxy) is 1. The molecule has 1 aliphatic rings. The van der Waals surface area contributed by atoms with Crippen LogP contribution in [0.3, 0.4) is 0 Å². The molecule has 0 saturated heterocycles. The van der Waals surface area contributed by atoms with Crippen molar-refractivity contribution < 1.29 is 34.1 Å². The molecule has 2 aromatic carbocycles. The molecule has 0 unspecified atom stereocenters. The van der Waals surface area contributed by atoms with E-state index in [9.17, 15) is 24.3 Å². The van der Waals surface area contributed by atoms with E-state index in [-0.39, 0.29) is 17.3 Å². The molecule has 1 aliphatic heterocycles. The zero-order valence-corrected chi connectivity index (χ0v) is 19.5. The highest BCUT2D eigenvalue weighted by molar-refractivity contribution is 6.00. The Kier molecular flexibility index (Phi) is 8.61. The third-order valence-corrected chi connectivity index (χ3v) is 5.75. The van der Waals surface area contributed by atoms with E-state index in [2.05, 4.69) is 10.3 Å². The molecular weight excluding hydrogens is 468 g/mol. The number of nitrogens with two attached hydrogens (primary N) is 2. The second-order valence-corrected chi connectivity index (χ2v) is 8.43. The second kappa shape index (κ2) is 11.8. The molecule has 36 heavy (non-hydrogen) atoms. The van der Waals surface area contributed by atoms with Gasteiger partial charge in [-0.3, -0.25) is 9.59 Å². The van der Waals surface area contributed by atoms with E-state index < -0.39 is 36.3 Å². The number of esters is 1. The molecule has 1 atom stereocenters. The number of carboxylic acid groups (broad SMARTS) is 2. The number of aliphatic carboxylic acids is 2. The summed E-state index contributed by atoms with van der Waals surface area (Å²) in [6.07, 6.45) is 3.52. The highest BCUT2D eigenvalue weighted by Gasteiger charge is 2.26. The van der Waals surface area contributed by atoms with Crippen LogP contribution in [0.4, 0.5) is 5.69 Å². The predicted molar refractivity (Wildman–Crippen MR) is 130 cm³/mol. The van der Waals surface area contributed by atoms with Gasteiger partial charge in [-0.2, -0.15) is 0 Å². The lowest BCUT2D eigenvalue weighted by Crippen LogP contribution is -2.42. The largest absolute Gasteiger partial charge is 0.481 e. The van der Waals surface area contributed by atoms with Gasteiger partial charge in [0, 0.05) is 11.1 Å². The molecular formula is C25H28N4O7. The van der Waals surface area contributed by atoms with E-state index in [1.165, 1.54) is 12.1 Å². The van der Waals surface area contributed by atoms with Crippen molar-refractivity contribution in [3.05, 3.63) is 58.7 Å². The summed E-state index contributed by atoms with van der Waals surface area (Å²) in [6, 6.07) is 7.89. The molecule has 0 radical (unpaired) electrons. The number of carboxylic acids is 2. The van der Waals surface area contributed by atoms with Gasteiger partial charge in [-0.05, 0) is 61.6 Å². The van der Waals surface area contributed by atoms with Crippen molar-refractivity contribution in [3.8, 4) is 5.75 Å². The molecule has 190 valence electrons. The van der Waals surface area contributed by atoms with Crippen molar-refractivity contribution >= 4 is 35.5 Å². The van der Waals surface area contributed by atoms with Crippen LogP contribution in [0.1, 0.15) is 63.9 Å². The standard InChI is InChI=1S/C25H28N4O7/c26-25(27)28-15-10-11-16-14(12-15)6-3-1-2-4-7-17-18(8-5-9-20(17)36-24(16)35)22(32)29-19(23(33)34)13-21(30)31/h5,8-12,19H,1-4,6-7,13H2,(H,29,32)(H,30,31)(H,33,34)(H4,26,27,28)/t19-/m0/s1. The molecule has 11 nitrogen and oxygen atoms in total. The van der Waals surface area contributed by atoms with Crippen LogP contribution >= 0.6 is 0 Å². The fourth-order valence-electron chi connectivity index (χ4n) is 4.07. The van der Waals surface area contributed by atoms with Crippen molar-refractivity contribution in [1.29, 1.82) is 0 Å². The molecule has 7 N–H and O–H groups in total. The number of aliphatic imine (C=N–C) groups is 1. The van der Waals surface area contributed by atoms with Crippen molar-refractivity contribution in [1.82, 2.24) is 5.32 Å². The SMILES string of the molecule is NC(N)=Nc1ccc2c(c1)CCCCCCc1c(cccc1C(=O)N[C@@H](CC(=O)O)C(=O)O)OC2=O. The number of hydrogen-bond acceptors (Lipinski definition) is 6. The second-order valence-electron chi connectivity index (χ2n) is 8.43. The van der Waals surface area contributed by atoms with E-state index in [1.807, 2.05) is 0 Å². The first-order valence-electron chi connectivity index (χ1n) is 11.5. The van der Waals surface area contributed by atoms with E-state index >= 15 is 0 Å². The van der Waals surface area contributed by atoms with Gasteiger partial charge >= 0.3 is 17.9 Å². The summed E-state index contributed by atoms with van der Waals surface area (Å²) in [5.41, 5.74) is 13.1. The molecule has 1 heterocycles. The number of aryl methyl sites for hydroxylation is 1. The number of guanidine groups is 1. The summed E-state index contributed by atoms with van der Waals surface area (Å²) in [7, 11) is 0. The van der Waals surface area contributed by atoms with Crippen molar-refractivity contribution in [2.75, 3.05) is 0 Å². The van der Waals surface area contributed by atoms with E-state index in [1.54, 1.807) is 24.3 Å². The molecule has 11 heteroatoms. The number of rotatable bonds is 6. The minimum Gasteiger partial charge on any atom is -0.481 e. The number of fused-ring (bicyclic) bond motifs is 2. The lowest BCUT2D eigenvalue weighted by molar-refractivity contribution is -0.145. The Labute approximate surface area is 207 Å². The number of benzene rings is 2. The van der Waals surface area contributed by atoms with Crippen LogP contribution in [-0.2, 0) is 22.4 Å². The molecule has 0 spiro atoms. The lowest BCUT2D eigenvalue weighted by Gasteiger charge is -2.18. The van der Waals surface area contributed by atoms with Crippen LogP contribution in [0.2, 0.25) is 0 Å². The van der Waals surface area contributed by atoms with Gasteiger partial charge in [-0.1, -0.05) is 18.9 Å². The van der Waals surface area contributed by atoms with Crippen molar-refractivity contribution in [3.63, 3.8) is 0 Å². The number of hydrogen-bond donors (Lipinski definition) is 5. The first kappa shape index (κ1) is 26.2. The Hall–Kier alpha value is -4.41. The number of nitrogens with one attached hydrogen (secondary N) is 1. The quantitative estimate of drug-likeness (QED) is 0.172. The van der Waals surface area contributed by atoms with E-state index in [0.29, 0.717) is 36.1 Å². The fraction of sp³-hybridized carbons (Fsp3) is 0.320. The Morgan fingerprint density at radius 2 is 1.75 bits per heavy atom. The van der Waals surface area contributed by atoms with Gasteiger partial charge in [0.2, 0.25) is 0 Å². The maximum absolute atomic E-state index is 13.1. The maximum Gasteiger partial charge on any atom is 0.343 e. The highest BCUT2D eigenvalue weighted by Crippen LogP contribution is 2.29. The summed E-state index contributed by atoms with van der Waals surface area (Å²) < 4.78 is 5.71. The molecule has 3 rings (SSSR count). The Morgan fingerprint density at radius 3 is 2.42 bits per heavy atom. The van der Waals surface area contributed by atoms with Crippen LogP contribution in [0.5, 0.6) is 5.75 Å². The average molecular weight is 497 g/mol. The van der Waals surface area contributed by atoms with Crippen LogP contribution in [0.15, 0.2) is 41.4 Å². The average Bonchev–Trinajstić information content (AvgIpc) is 2.80. The van der Waals surface area contributed by atoms with E-state index in [0.717, 1.165) is 24.8 Å². The Morgan fingerprint density at radius 1 is 1.03 bits per heavy atom. The lowest BCUT2D eigenvalue weighted by atomic mass is 9.96. The first-order chi connectivity index (χ1) is 17.2. The molecule has 0 bridgehead atoms. The minimum absolute atomic E-state index is 0.0982. The summed E-state index contributed by atoms with van der Waals surface area (Å²) in [4.78, 5) is 52.5. The van der Waals surface area contributed by atoms with Crippen LogP contribution in [0, 0.1) is 0 Å². The smallest absolute Gasteiger partial charge is 0.343 e. The normalized spacial score (nSPS) is 14.5. The number of carbonyl (C=O) groups excluding carboxylic acids is 2. The number of amides is 1. The van der Waals surface area contributed by atoms with E-state index in [4.69, 9.17) is 21.3 Å². The highest BCUT2D eigenvalue weighted by atomic mass is 16.5. The maximum atomic E-state index is 13.1. The summed E-state index contributed by atoms with van der Waals surface area (Å²) >= 11 is 0. The zero-order chi connectivity index (χ0) is 26.2. The van der Waals surface area contributed by atoms with Gasteiger partial charge in [0.05, 0.1) is 17.7 Å². The number of carbonyl (C=O) groups is 4. The fourth-order valence-corrected chi connectivity index (χ4v) is 4.07. The predicted octanol–water partition coefficient (Wildman–Crippen LogP) is 2.13. The monoisotopic (exact) mass is 496 g/mol. The molecule has 0 aliphatic carbocycles. The third kappa shape index (κ3) is 6.81. The van der Waals surface area contributed by atoms with Crippen LogP contribution < -0.4 is 21.5 Å². The summed E-state index contributed by atoms with van der Waals surface area (Å²) in [5, 5.41) is 20.5. The van der Waals surface area contributed by atoms with Crippen molar-refractivity contribution in [2.45, 2.75) is 51.0 Å². The topological polar surface area (TPSA) is 194 Å². The Balaban J connectivity index is 1.96. The molecule has 0 fully saturated rings. The number of nitrogens with zero attached hydrogens (tertiary/aromatic N) is 1. The third-order valence-electron chi connectivity index (χ3n) is 5.75. The zero-order valence-electron chi connectivity index (χ0n) is 19.5. The van der Waals surface area contributed by atoms with Gasteiger partial charge in [-0.15, -0.1) is 0 Å². The van der Waals surface area contributed by atoms with Crippen molar-refractivity contribution in [2.24, 2.45) is 16.5 Å². The molecule has 1 amide bonds. The molecule has 0 saturated carbocycles. The molecule has 2 aromatic rings. The van der Waals surface area contributed by atoms with Gasteiger partial charge in [0.25, 0.3) is 5.91 Å². The molecule has 0 aromatic heterocycles. The van der Waals surface area contributed by atoms with Gasteiger partial charge in [0.1, 0.15) is 11.8 Å². The summed E-state index contributed by atoms with van der Waals surface area (Å²) in [6.45, 7) is 0. The minimum atomic E-state index is -1.61. The summed E-state index contributed by atoms with van der Waals surface area (Å²) in [5.74, 6) is -4.12. The van der Waals surface area contributed by atoms with Crippen LogP contribution in [-0.4, -0.2) is 46.0 Å². The Bertz CT molecular complexity index is 1200. The van der Waals surface area contributed by atoms with Gasteiger partial charge in [-0.25, -0.2) is 14.6 Å². The first-order valence-corrected chi connectivity index (χ1v) is 11.5. The van der Waals surface area contributed by atoms with Crippen LogP contribution in [0.25, 0.3) is 0 Å².